The Labute approximate surface area is 118 Å². The smallest absolute Gasteiger partial charge is 0.326 e. The highest BCUT2D eigenvalue weighted by Gasteiger charge is 2.25. The van der Waals surface area contributed by atoms with Crippen LogP contribution in [0.5, 0.6) is 0 Å². The van der Waals surface area contributed by atoms with Gasteiger partial charge in [-0.15, -0.1) is 0 Å². The topological polar surface area (TPSA) is 109 Å². The molecule has 1 atom stereocenters. The molecule has 21 heavy (non-hydrogen) atoms. The number of rotatable bonds is 6. The largest absolute Gasteiger partial charge is 0.480 e. The van der Waals surface area contributed by atoms with Gasteiger partial charge in [0.2, 0.25) is 5.91 Å². The van der Waals surface area contributed by atoms with Crippen LogP contribution in [0, 0.1) is 18.6 Å². The van der Waals surface area contributed by atoms with E-state index < -0.39 is 41.0 Å². The van der Waals surface area contributed by atoms with Crippen LogP contribution in [0.15, 0.2) is 12.1 Å². The Morgan fingerprint density at radius 1 is 1.33 bits per heavy atom. The Morgan fingerprint density at radius 3 is 2.48 bits per heavy atom. The lowest BCUT2D eigenvalue weighted by molar-refractivity contribution is -0.139. The summed E-state index contributed by atoms with van der Waals surface area (Å²) >= 11 is 0. The predicted octanol–water partition coefficient (Wildman–Crippen LogP) is 0.722. The van der Waals surface area contributed by atoms with Crippen LogP contribution in [-0.4, -0.2) is 28.9 Å². The van der Waals surface area contributed by atoms with E-state index in [1.54, 1.807) is 0 Å². The third-order valence-electron chi connectivity index (χ3n) is 2.79. The number of halogens is 2. The van der Waals surface area contributed by atoms with Crippen LogP contribution in [0.1, 0.15) is 28.8 Å². The quantitative estimate of drug-likeness (QED) is 0.719. The number of amides is 2. The molecule has 0 aliphatic carbocycles. The van der Waals surface area contributed by atoms with Gasteiger partial charge in [-0.1, -0.05) is 6.07 Å². The first-order chi connectivity index (χ1) is 9.73. The van der Waals surface area contributed by atoms with Gasteiger partial charge in [-0.25, -0.2) is 13.6 Å². The van der Waals surface area contributed by atoms with Crippen molar-refractivity contribution in [2.75, 3.05) is 0 Å². The van der Waals surface area contributed by atoms with Crippen molar-refractivity contribution in [3.05, 3.63) is 34.9 Å². The molecule has 6 nitrogen and oxygen atoms in total. The van der Waals surface area contributed by atoms with Crippen LogP contribution in [0.3, 0.4) is 0 Å². The third kappa shape index (κ3) is 4.23. The number of carbonyl (C=O) groups excluding carboxylic acids is 2. The highest BCUT2D eigenvalue weighted by molar-refractivity contribution is 5.97. The molecule has 1 aromatic carbocycles. The second-order valence-electron chi connectivity index (χ2n) is 4.42. The van der Waals surface area contributed by atoms with Gasteiger partial charge in [0.05, 0.1) is 0 Å². The molecule has 4 N–H and O–H groups in total. The summed E-state index contributed by atoms with van der Waals surface area (Å²) in [6.45, 7) is 1.34. The number of aliphatic carboxylic acids is 1. The number of aryl methyl sites for hydroxylation is 1. The molecule has 0 heterocycles. The van der Waals surface area contributed by atoms with Crippen LogP contribution in [0.2, 0.25) is 0 Å². The van der Waals surface area contributed by atoms with Gasteiger partial charge in [0, 0.05) is 6.42 Å². The van der Waals surface area contributed by atoms with Crippen LogP contribution in [-0.2, 0) is 9.59 Å². The average Bonchev–Trinajstić information content (AvgIpc) is 2.38. The summed E-state index contributed by atoms with van der Waals surface area (Å²) in [4.78, 5) is 33.4. The number of carboxylic acids is 1. The molecule has 0 fully saturated rings. The van der Waals surface area contributed by atoms with Crippen LogP contribution < -0.4 is 11.1 Å². The molecule has 0 saturated carbocycles. The number of hydrogen-bond donors (Lipinski definition) is 3. The lowest BCUT2D eigenvalue weighted by atomic mass is 10.1. The van der Waals surface area contributed by atoms with E-state index in [2.05, 4.69) is 0 Å². The average molecular weight is 300 g/mol. The lowest BCUT2D eigenvalue weighted by Crippen LogP contribution is -2.42. The molecular formula is C13H14F2N2O4. The molecule has 8 heteroatoms. The number of carboxylic acid groups (broad SMARTS) is 1. The molecule has 0 aliphatic heterocycles. The van der Waals surface area contributed by atoms with Crippen molar-refractivity contribution >= 4 is 17.8 Å². The number of nitrogens with two attached hydrogens (primary N) is 1. The number of carbonyl (C=O) groups is 3. The second kappa shape index (κ2) is 6.78. The first-order valence-corrected chi connectivity index (χ1v) is 6.00. The Morgan fingerprint density at radius 2 is 1.95 bits per heavy atom. The third-order valence-corrected chi connectivity index (χ3v) is 2.79. The molecule has 1 rings (SSSR count). The normalized spacial score (nSPS) is 11.8. The van der Waals surface area contributed by atoms with Crippen LogP contribution in [0.4, 0.5) is 8.78 Å². The van der Waals surface area contributed by atoms with E-state index in [0.717, 1.165) is 12.1 Å². The number of primary amides is 1. The zero-order valence-electron chi connectivity index (χ0n) is 11.2. The van der Waals surface area contributed by atoms with Crippen molar-refractivity contribution in [1.29, 1.82) is 0 Å². The molecular weight excluding hydrogens is 286 g/mol. The van der Waals surface area contributed by atoms with Crippen molar-refractivity contribution in [2.24, 2.45) is 5.73 Å². The molecule has 114 valence electrons. The van der Waals surface area contributed by atoms with Gasteiger partial charge in [0.15, 0.2) is 0 Å². The predicted molar refractivity (Wildman–Crippen MR) is 68.4 cm³/mol. The first-order valence-electron chi connectivity index (χ1n) is 6.00. The van der Waals surface area contributed by atoms with Crippen LogP contribution >= 0.6 is 0 Å². The Hall–Kier alpha value is -2.51. The molecule has 0 unspecified atom stereocenters. The fourth-order valence-electron chi connectivity index (χ4n) is 1.64. The van der Waals surface area contributed by atoms with E-state index in [1.165, 1.54) is 6.92 Å². The maximum atomic E-state index is 13.8. The monoisotopic (exact) mass is 300 g/mol. The minimum atomic E-state index is -1.47. The van der Waals surface area contributed by atoms with E-state index in [9.17, 15) is 23.2 Å². The van der Waals surface area contributed by atoms with Crippen molar-refractivity contribution in [3.63, 3.8) is 0 Å². The molecule has 0 radical (unpaired) electrons. The summed E-state index contributed by atoms with van der Waals surface area (Å²) in [7, 11) is 0. The number of nitrogens with one attached hydrogen (secondary N) is 1. The van der Waals surface area contributed by atoms with Gasteiger partial charge in [-0.2, -0.15) is 0 Å². The Kier molecular flexibility index (Phi) is 5.34. The summed E-state index contributed by atoms with van der Waals surface area (Å²) in [5, 5.41) is 10.9. The zero-order valence-corrected chi connectivity index (χ0v) is 11.2. The Bertz CT molecular complexity index is 590. The van der Waals surface area contributed by atoms with Gasteiger partial charge in [0.25, 0.3) is 5.91 Å². The second-order valence-corrected chi connectivity index (χ2v) is 4.42. The van der Waals surface area contributed by atoms with E-state index in [-0.39, 0.29) is 18.4 Å². The molecule has 2 amide bonds. The summed E-state index contributed by atoms with van der Waals surface area (Å²) in [5.41, 5.74) is 4.07. The van der Waals surface area contributed by atoms with E-state index in [4.69, 9.17) is 10.8 Å². The summed E-state index contributed by atoms with van der Waals surface area (Å²) in [6, 6.07) is 0.597. The Balaban J connectivity index is 2.95. The molecule has 0 aromatic heterocycles. The highest BCUT2D eigenvalue weighted by Crippen LogP contribution is 2.16. The van der Waals surface area contributed by atoms with Crippen molar-refractivity contribution in [2.45, 2.75) is 25.8 Å². The SMILES string of the molecule is Cc1ccc(F)c(C(=O)N[C@@H](CCC(N)=O)C(=O)O)c1F. The van der Waals surface area contributed by atoms with E-state index in [1.807, 2.05) is 5.32 Å². The highest BCUT2D eigenvalue weighted by atomic mass is 19.1. The lowest BCUT2D eigenvalue weighted by Gasteiger charge is -2.14. The van der Waals surface area contributed by atoms with Gasteiger partial charge in [-0.3, -0.25) is 9.59 Å². The van der Waals surface area contributed by atoms with Crippen molar-refractivity contribution < 1.29 is 28.3 Å². The molecule has 0 bridgehead atoms. The van der Waals surface area contributed by atoms with Gasteiger partial charge in [-0.05, 0) is 25.0 Å². The maximum Gasteiger partial charge on any atom is 0.326 e. The standard InChI is InChI=1S/C13H14F2N2O4/c1-6-2-3-7(14)10(11(6)15)12(19)17-8(13(20)21)4-5-9(16)18/h2-3,8H,4-5H2,1H3,(H2,16,18)(H,17,19)(H,20,21)/t8-/m0/s1. The summed E-state index contributed by atoms with van der Waals surface area (Å²) in [6.07, 6.45) is -0.554. The van der Waals surface area contributed by atoms with E-state index >= 15 is 0 Å². The fraction of sp³-hybridized carbons (Fsp3) is 0.308. The fourth-order valence-corrected chi connectivity index (χ4v) is 1.64. The first kappa shape index (κ1) is 16.5. The molecule has 0 aliphatic rings. The zero-order chi connectivity index (χ0) is 16.2. The molecule has 1 aromatic rings. The van der Waals surface area contributed by atoms with Crippen LogP contribution in [0.25, 0.3) is 0 Å². The number of hydrogen-bond acceptors (Lipinski definition) is 3. The maximum absolute atomic E-state index is 13.8. The van der Waals surface area contributed by atoms with Crippen molar-refractivity contribution in [1.82, 2.24) is 5.32 Å². The van der Waals surface area contributed by atoms with E-state index in [0.29, 0.717) is 0 Å². The van der Waals surface area contributed by atoms with Gasteiger partial charge >= 0.3 is 5.97 Å². The minimum Gasteiger partial charge on any atom is -0.480 e. The van der Waals surface area contributed by atoms with Crippen molar-refractivity contribution in [3.8, 4) is 0 Å². The molecule has 0 spiro atoms. The minimum absolute atomic E-state index is 0.0468. The summed E-state index contributed by atoms with van der Waals surface area (Å²) < 4.78 is 27.3. The van der Waals surface area contributed by atoms with Gasteiger partial charge in [0.1, 0.15) is 23.2 Å². The molecule has 0 saturated heterocycles. The van der Waals surface area contributed by atoms with Gasteiger partial charge < -0.3 is 16.2 Å². The number of benzene rings is 1. The summed E-state index contributed by atoms with van der Waals surface area (Å²) in [5.74, 6) is -5.55.